The summed E-state index contributed by atoms with van der Waals surface area (Å²) in [5.74, 6) is -0.212. The molecule has 3 aromatic rings. The van der Waals surface area contributed by atoms with Gasteiger partial charge in [-0.1, -0.05) is 39.8 Å². The maximum Gasteiger partial charge on any atom is 0.130 e. The predicted molar refractivity (Wildman–Crippen MR) is 141 cm³/mol. The SMILES string of the molecule is C=Cc1[nH]nc(-c2cnn(C)c2)c1/C=C(\C)c1c(F)ccc(CNCC2(C)CC2)c1C.CCC. The number of aromatic amines is 1. The number of aromatic nitrogens is 4. The fourth-order valence-corrected chi connectivity index (χ4v) is 4.00. The van der Waals surface area contributed by atoms with E-state index in [-0.39, 0.29) is 5.82 Å². The molecule has 0 spiro atoms. The fourth-order valence-electron chi connectivity index (χ4n) is 4.00. The van der Waals surface area contributed by atoms with Crippen LogP contribution in [0, 0.1) is 18.2 Å². The Balaban J connectivity index is 0.00000103. The highest BCUT2D eigenvalue weighted by Gasteiger charge is 2.36. The lowest BCUT2D eigenvalue weighted by Gasteiger charge is -2.15. The molecule has 6 heteroatoms. The minimum atomic E-state index is -0.212. The number of hydrogen-bond acceptors (Lipinski definition) is 3. The number of H-pyrrole nitrogens is 1. The van der Waals surface area contributed by atoms with Crippen LogP contribution in [0.4, 0.5) is 4.39 Å². The van der Waals surface area contributed by atoms with E-state index in [1.807, 2.05) is 39.2 Å². The van der Waals surface area contributed by atoms with Gasteiger partial charge in [0.1, 0.15) is 11.5 Å². The van der Waals surface area contributed by atoms with Crippen LogP contribution in [0.15, 0.2) is 31.1 Å². The molecule has 1 aliphatic carbocycles. The van der Waals surface area contributed by atoms with Crippen LogP contribution in [-0.2, 0) is 13.6 Å². The molecule has 1 aromatic carbocycles. The zero-order valence-electron chi connectivity index (χ0n) is 21.4. The Labute approximate surface area is 203 Å². The Morgan fingerprint density at radius 3 is 2.62 bits per heavy atom. The smallest absolute Gasteiger partial charge is 0.130 e. The second kappa shape index (κ2) is 11.0. The molecule has 0 aliphatic heterocycles. The molecule has 34 heavy (non-hydrogen) atoms. The first kappa shape index (κ1) is 25.6. The minimum absolute atomic E-state index is 0.212. The van der Waals surface area contributed by atoms with Crippen molar-refractivity contribution in [2.45, 2.75) is 60.4 Å². The minimum Gasteiger partial charge on any atom is -0.312 e. The number of nitrogens with zero attached hydrogens (tertiary/aromatic N) is 3. The maximum absolute atomic E-state index is 14.9. The predicted octanol–water partition coefficient (Wildman–Crippen LogP) is 6.77. The van der Waals surface area contributed by atoms with Gasteiger partial charge in [0.05, 0.1) is 11.9 Å². The van der Waals surface area contributed by atoms with Crippen LogP contribution < -0.4 is 5.32 Å². The molecule has 182 valence electrons. The van der Waals surface area contributed by atoms with Crippen molar-refractivity contribution >= 4 is 17.7 Å². The highest BCUT2D eigenvalue weighted by atomic mass is 19.1. The van der Waals surface area contributed by atoms with Crippen LogP contribution >= 0.6 is 0 Å². The number of nitrogens with one attached hydrogen (secondary N) is 2. The van der Waals surface area contributed by atoms with Gasteiger partial charge in [0, 0.05) is 43.0 Å². The lowest BCUT2D eigenvalue weighted by atomic mass is 9.94. The van der Waals surface area contributed by atoms with E-state index < -0.39 is 0 Å². The molecule has 1 fully saturated rings. The summed E-state index contributed by atoms with van der Waals surface area (Å²) in [4.78, 5) is 0. The van der Waals surface area contributed by atoms with Crippen molar-refractivity contribution in [1.82, 2.24) is 25.3 Å². The van der Waals surface area contributed by atoms with Gasteiger partial charge in [0.15, 0.2) is 0 Å². The fraction of sp³-hybridized carbons (Fsp3) is 0.429. The first-order valence-electron chi connectivity index (χ1n) is 12.1. The van der Waals surface area contributed by atoms with Crippen molar-refractivity contribution < 1.29 is 4.39 Å². The van der Waals surface area contributed by atoms with Crippen molar-refractivity contribution in [3.05, 3.63) is 64.9 Å². The van der Waals surface area contributed by atoms with Crippen molar-refractivity contribution in [1.29, 1.82) is 0 Å². The third-order valence-electron chi connectivity index (χ3n) is 6.27. The summed E-state index contributed by atoms with van der Waals surface area (Å²) in [7, 11) is 1.87. The number of benzene rings is 1. The summed E-state index contributed by atoms with van der Waals surface area (Å²) in [6.07, 6.45) is 11.2. The van der Waals surface area contributed by atoms with Crippen LogP contribution in [0.3, 0.4) is 0 Å². The number of allylic oxidation sites excluding steroid dienone is 1. The molecule has 2 heterocycles. The zero-order chi connectivity index (χ0) is 24.9. The van der Waals surface area contributed by atoms with E-state index in [0.717, 1.165) is 52.3 Å². The van der Waals surface area contributed by atoms with Gasteiger partial charge in [0.2, 0.25) is 0 Å². The molecule has 2 N–H and O–H groups in total. The average Bonchev–Trinajstić information content (AvgIpc) is 3.17. The first-order valence-corrected chi connectivity index (χ1v) is 12.1. The topological polar surface area (TPSA) is 58.5 Å². The van der Waals surface area contributed by atoms with Crippen LogP contribution in [0.25, 0.3) is 29.0 Å². The van der Waals surface area contributed by atoms with Crippen molar-refractivity contribution in [3.8, 4) is 11.3 Å². The normalized spacial score (nSPS) is 14.5. The van der Waals surface area contributed by atoms with E-state index >= 15 is 0 Å². The van der Waals surface area contributed by atoms with E-state index in [1.165, 1.54) is 19.3 Å². The molecule has 0 unspecified atom stereocenters. The summed E-state index contributed by atoms with van der Waals surface area (Å²) in [6.45, 7) is 16.1. The Kier molecular flexibility index (Phi) is 8.26. The van der Waals surface area contributed by atoms with E-state index in [1.54, 1.807) is 23.0 Å². The molecule has 0 atom stereocenters. The van der Waals surface area contributed by atoms with Crippen molar-refractivity contribution in [2.75, 3.05) is 6.54 Å². The first-order chi connectivity index (χ1) is 16.2. The molecule has 4 rings (SSSR count). The third-order valence-corrected chi connectivity index (χ3v) is 6.27. The Bertz CT molecular complexity index is 1160. The summed E-state index contributed by atoms with van der Waals surface area (Å²) in [6, 6.07) is 3.46. The number of rotatable bonds is 8. The Morgan fingerprint density at radius 2 is 2.03 bits per heavy atom. The maximum atomic E-state index is 14.9. The summed E-state index contributed by atoms with van der Waals surface area (Å²) in [5, 5.41) is 15.3. The standard InChI is InChI=1S/C25H30FN5.C3H8/c1-6-22-20(24(30-29-22)19-13-28-31(5)14-19)11-16(2)23-17(3)18(7-8-21(23)26)12-27-15-25(4)9-10-25;1-3-2/h6-8,11,13-14,27H,1,9-10,12,15H2,2-5H3,(H,29,30);3H2,1-2H3/b16-11+;. The van der Waals surface area contributed by atoms with Crippen molar-refractivity contribution in [2.24, 2.45) is 12.5 Å². The summed E-state index contributed by atoms with van der Waals surface area (Å²) >= 11 is 0. The lowest BCUT2D eigenvalue weighted by molar-refractivity contribution is 0.498. The number of aryl methyl sites for hydroxylation is 1. The summed E-state index contributed by atoms with van der Waals surface area (Å²) in [5.41, 5.74) is 7.37. The molecule has 0 radical (unpaired) electrons. The molecule has 0 bridgehead atoms. The van der Waals surface area contributed by atoms with Gasteiger partial charge in [0.25, 0.3) is 0 Å². The zero-order valence-corrected chi connectivity index (χ0v) is 21.4. The second-order valence-electron chi connectivity index (χ2n) is 9.66. The van der Waals surface area contributed by atoms with E-state index in [2.05, 4.69) is 48.0 Å². The molecule has 2 aromatic heterocycles. The molecule has 1 saturated carbocycles. The van der Waals surface area contributed by atoms with Crippen LogP contribution in [0.2, 0.25) is 0 Å². The highest BCUT2D eigenvalue weighted by Crippen LogP contribution is 2.44. The monoisotopic (exact) mass is 463 g/mol. The largest absolute Gasteiger partial charge is 0.312 e. The van der Waals surface area contributed by atoms with Crippen LogP contribution in [-0.4, -0.2) is 26.5 Å². The Hall–Kier alpha value is -2.99. The van der Waals surface area contributed by atoms with Crippen LogP contribution in [0.5, 0.6) is 0 Å². The van der Waals surface area contributed by atoms with Gasteiger partial charge in [-0.15, -0.1) is 0 Å². The Morgan fingerprint density at radius 1 is 1.32 bits per heavy atom. The van der Waals surface area contributed by atoms with Crippen molar-refractivity contribution in [3.63, 3.8) is 0 Å². The van der Waals surface area contributed by atoms with Gasteiger partial charge in [-0.2, -0.15) is 10.2 Å². The van der Waals surface area contributed by atoms with E-state index in [4.69, 9.17) is 0 Å². The molecule has 1 aliphatic rings. The average molecular weight is 464 g/mol. The number of halogens is 1. The van der Waals surface area contributed by atoms with Gasteiger partial charge < -0.3 is 5.32 Å². The quantitative estimate of drug-likeness (QED) is 0.388. The van der Waals surface area contributed by atoms with E-state index in [9.17, 15) is 4.39 Å². The molecule has 0 amide bonds. The molecular weight excluding hydrogens is 425 g/mol. The molecule has 0 saturated heterocycles. The lowest BCUT2D eigenvalue weighted by Crippen LogP contribution is -2.22. The highest BCUT2D eigenvalue weighted by molar-refractivity contribution is 5.88. The van der Waals surface area contributed by atoms with Gasteiger partial charge in [-0.25, -0.2) is 4.39 Å². The van der Waals surface area contributed by atoms with Gasteiger partial charge in [-0.05, 0) is 67.0 Å². The molecular formula is C28H38FN5. The summed E-state index contributed by atoms with van der Waals surface area (Å²) < 4.78 is 16.7. The molecule has 5 nitrogen and oxygen atoms in total. The number of hydrogen-bond donors (Lipinski definition) is 2. The van der Waals surface area contributed by atoms with Gasteiger partial charge in [-0.3, -0.25) is 9.78 Å². The third kappa shape index (κ3) is 5.92. The van der Waals surface area contributed by atoms with Gasteiger partial charge >= 0.3 is 0 Å². The second-order valence-corrected chi connectivity index (χ2v) is 9.66. The van der Waals surface area contributed by atoms with Crippen LogP contribution in [0.1, 0.15) is 74.9 Å². The van der Waals surface area contributed by atoms with E-state index in [0.29, 0.717) is 11.0 Å².